The molecule has 0 aliphatic carbocycles. The zero-order chi connectivity index (χ0) is 18.1. The Morgan fingerprint density at radius 2 is 2.00 bits per heavy atom. The predicted molar refractivity (Wildman–Crippen MR) is 87.0 cm³/mol. The van der Waals surface area contributed by atoms with E-state index in [4.69, 9.17) is 23.2 Å². The molecule has 1 heterocycles. The minimum absolute atomic E-state index is 0.0274. The average Bonchev–Trinajstić information content (AvgIpc) is 2.87. The Balaban J connectivity index is 2.26. The molecule has 3 rings (SSSR count). The van der Waals surface area contributed by atoms with E-state index in [-0.39, 0.29) is 16.4 Å². The maximum Gasteiger partial charge on any atom is 0.438 e. The number of hydrogen-bond donors (Lipinski definition) is 1. The minimum Gasteiger partial charge on any atom is -0.409 e. The van der Waals surface area contributed by atoms with E-state index in [1.54, 1.807) is 12.1 Å². The van der Waals surface area contributed by atoms with Gasteiger partial charge in [-0.1, -0.05) is 34.1 Å². The van der Waals surface area contributed by atoms with Crippen molar-refractivity contribution in [3.63, 3.8) is 0 Å². The van der Waals surface area contributed by atoms with Gasteiger partial charge in [0.15, 0.2) is 0 Å². The van der Waals surface area contributed by atoms with Crippen molar-refractivity contribution in [2.24, 2.45) is 4.99 Å². The minimum atomic E-state index is -0.815. The molecule has 0 aliphatic rings. The van der Waals surface area contributed by atoms with Crippen LogP contribution in [0.15, 0.2) is 47.5 Å². The topological polar surface area (TPSA) is 98.5 Å². The largest absolute Gasteiger partial charge is 0.438 e. The van der Waals surface area contributed by atoms with Gasteiger partial charge in [0, 0.05) is 5.02 Å². The smallest absolute Gasteiger partial charge is 0.409 e. The number of nitrogens with zero attached hydrogens (tertiary/aromatic N) is 5. The summed E-state index contributed by atoms with van der Waals surface area (Å²) in [6.45, 7) is 0. The first-order valence-electron chi connectivity index (χ1n) is 6.68. The Hall–Kier alpha value is -2.91. The number of rotatable bonds is 3. The van der Waals surface area contributed by atoms with Crippen molar-refractivity contribution in [2.75, 3.05) is 0 Å². The van der Waals surface area contributed by atoms with Gasteiger partial charge in [0.1, 0.15) is 11.5 Å². The molecule has 0 atom stereocenters. The molecule has 0 bridgehead atoms. The predicted octanol–water partition coefficient (Wildman–Crippen LogP) is 3.50. The summed E-state index contributed by atoms with van der Waals surface area (Å²) in [5, 5.41) is 25.5. The highest BCUT2D eigenvalue weighted by molar-refractivity contribution is 6.33. The summed E-state index contributed by atoms with van der Waals surface area (Å²) in [5.74, 6) is -1.31. The fourth-order valence-corrected chi connectivity index (χ4v) is 2.42. The lowest BCUT2D eigenvalue weighted by Gasteiger charge is -2.00. The Kier molecular flexibility index (Phi) is 4.43. The van der Waals surface area contributed by atoms with Gasteiger partial charge in [-0.25, -0.2) is 9.38 Å². The Labute approximate surface area is 149 Å². The molecule has 0 radical (unpaired) electrons. The van der Waals surface area contributed by atoms with Gasteiger partial charge in [-0.05, 0) is 46.1 Å². The van der Waals surface area contributed by atoms with Crippen LogP contribution in [0.5, 0.6) is 0 Å². The maximum atomic E-state index is 13.1. The first-order chi connectivity index (χ1) is 11.9. The van der Waals surface area contributed by atoms with Crippen LogP contribution in [-0.2, 0) is 0 Å². The molecule has 128 valence electrons. The van der Waals surface area contributed by atoms with Crippen LogP contribution in [0.1, 0.15) is 0 Å². The van der Waals surface area contributed by atoms with Crippen LogP contribution in [0.3, 0.4) is 0 Å². The second-order valence-corrected chi connectivity index (χ2v) is 5.61. The summed E-state index contributed by atoms with van der Waals surface area (Å²) in [6.07, 6.45) is 0. The summed E-state index contributed by atoms with van der Waals surface area (Å²) in [7, 11) is 0. The summed E-state index contributed by atoms with van der Waals surface area (Å²) in [4.78, 5) is 15.6. The van der Waals surface area contributed by atoms with Crippen molar-refractivity contribution in [3.8, 4) is 5.69 Å². The zero-order valence-corrected chi connectivity index (χ0v) is 13.7. The number of aromatic nitrogens is 3. The second-order valence-electron chi connectivity index (χ2n) is 4.77. The van der Waals surface area contributed by atoms with E-state index in [1.165, 1.54) is 18.2 Å². The van der Waals surface area contributed by atoms with Crippen LogP contribution >= 0.6 is 23.2 Å². The molecule has 0 unspecified atom stereocenters. The van der Waals surface area contributed by atoms with E-state index < -0.39 is 22.0 Å². The lowest BCUT2D eigenvalue weighted by atomic mass is 10.3. The standard InChI is InChI=1S/C14H8Cl2FN5O3/c15-8-2-1-3-10(6-8)20-19-14(22(24)25)13(21(20)23)18-12-5-4-9(17)7-11(12)16/h1-7,23H. The molecule has 1 aromatic heterocycles. The van der Waals surface area contributed by atoms with Crippen molar-refractivity contribution >= 4 is 34.7 Å². The van der Waals surface area contributed by atoms with Crippen molar-refractivity contribution in [1.29, 1.82) is 0 Å². The summed E-state index contributed by atoms with van der Waals surface area (Å²) in [5.41, 5.74) is -0.192. The van der Waals surface area contributed by atoms with Gasteiger partial charge in [-0.2, -0.15) is 0 Å². The lowest BCUT2D eigenvalue weighted by Crippen LogP contribution is -2.22. The highest BCUT2D eigenvalue weighted by Gasteiger charge is 2.24. The molecular weight excluding hydrogens is 376 g/mol. The molecular formula is C14H8Cl2FN5O3. The lowest BCUT2D eigenvalue weighted by molar-refractivity contribution is -0.391. The van der Waals surface area contributed by atoms with E-state index in [9.17, 15) is 19.7 Å². The molecule has 0 aliphatic heterocycles. The van der Waals surface area contributed by atoms with Crippen LogP contribution in [-0.4, -0.2) is 24.9 Å². The zero-order valence-electron chi connectivity index (χ0n) is 12.2. The van der Waals surface area contributed by atoms with Gasteiger partial charge in [-0.15, -0.1) is 0 Å². The molecule has 3 aromatic rings. The average molecular weight is 384 g/mol. The number of hydrogen-bond acceptors (Lipinski definition) is 5. The van der Waals surface area contributed by atoms with Gasteiger partial charge in [0.05, 0.1) is 15.8 Å². The summed E-state index contributed by atoms with van der Waals surface area (Å²) in [6, 6.07) is 9.45. The van der Waals surface area contributed by atoms with Crippen molar-refractivity contribution in [2.45, 2.75) is 0 Å². The third-order valence-corrected chi connectivity index (χ3v) is 3.64. The fraction of sp³-hybridized carbons (Fsp3) is 0. The highest BCUT2D eigenvalue weighted by Crippen LogP contribution is 2.25. The molecule has 0 fully saturated rings. The Morgan fingerprint density at radius 1 is 1.24 bits per heavy atom. The molecule has 1 N–H and O–H groups in total. The van der Waals surface area contributed by atoms with Gasteiger partial charge >= 0.3 is 5.82 Å². The number of nitro groups is 1. The van der Waals surface area contributed by atoms with Gasteiger partial charge in [0.2, 0.25) is 0 Å². The van der Waals surface area contributed by atoms with E-state index >= 15 is 0 Å². The Morgan fingerprint density at radius 3 is 2.64 bits per heavy atom. The maximum absolute atomic E-state index is 13.1. The van der Waals surface area contributed by atoms with Crippen LogP contribution < -0.4 is 5.49 Å². The molecule has 8 nitrogen and oxygen atoms in total. The second kappa shape index (κ2) is 6.54. The van der Waals surface area contributed by atoms with Crippen molar-refractivity contribution in [3.05, 3.63) is 73.9 Å². The van der Waals surface area contributed by atoms with Gasteiger partial charge < -0.3 is 15.3 Å². The SMILES string of the molecule is O=[N+]([O-])c1nn(-c2cccc(Cl)c2)n(O)c1=Nc1ccc(F)cc1Cl. The van der Waals surface area contributed by atoms with Crippen molar-refractivity contribution in [1.82, 2.24) is 14.7 Å². The van der Waals surface area contributed by atoms with Crippen LogP contribution in [0, 0.1) is 15.9 Å². The van der Waals surface area contributed by atoms with Crippen LogP contribution in [0.2, 0.25) is 10.0 Å². The quantitative estimate of drug-likeness (QED) is 0.425. The number of benzene rings is 2. The van der Waals surface area contributed by atoms with Crippen molar-refractivity contribution < 1.29 is 14.5 Å². The van der Waals surface area contributed by atoms with E-state index in [2.05, 4.69) is 10.1 Å². The van der Waals surface area contributed by atoms with Crippen LogP contribution in [0.4, 0.5) is 15.9 Å². The van der Waals surface area contributed by atoms with E-state index in [0.29, 0.717) is 9.87 Å². The summed E-state index contributed by atoms with van der Waals surface area (Å²) < 4.78 is 13.1. The van der Waals surface area contributed by atoms with E-state index in [1.807, 2.05) is 0 Å². The monoisotopic (exact) mass is 383 g/mol. The molecule has 0 saturated heterocycles. The van der Waals surface area contributed by atoms with Gasteiger partial charge in [-0.3, -0.25) is 0 Å². The molecule has 11 heteroatoms. The summed E-state index contributed by atoms with van der Waals surface area (Å²) >= 11 is 11.7. The molecule has 0 saturated carbocycles. The van der Waals surface area contributed by atoms with Crippen LogP contribution in [0.25, 0.3) is 5.69 Å². The molecule has 0 spiro atoms. The third kappa shape index (κ3) is 3.32. The third-order valence-electron chi connectivity index (χ3n) is 3.11. The number of halogens is 3. The Bertz CT molecular complexity index is 1050. The van der Waals surface area contributed by atoms with E-state index in [0.717, 1.165) is 16.9 Å². The molecule has 2 aromatic carbocycles. The molecule has 0 amide bonds. The fourth-order valence-electron chi connectivity index (χ4n) is 2.02. The first kappa shape index (κ1) is 16.9. The molecule has 25 heavy (non-hydrogen) atoms. The van der Waals surface area contributed by atoms with Gasteiger partial charge in [0.25, 0.3) is 5.49 Å². The highest BCUT2D eigenvalue weighted by atomic mass is 35.5. The first-order valence-corrected chi connectivity index (χ1v) is 7.44. The normalized spacial score (nSPS) is 11.7.